The Morgan fingerprint density at radius 3 is 2.58 bits per heavy atom. The van der Waals surface area contributed by atoms with Gasteiger partial charge in [-0.3, -0.25) is 4.79 Å². The van der Waals surface area contributed by atoms with Crippen molar-refractivity contribution in [2.45, 2.75) is 20.3 Å². The SMILES string of the molecule is CC(C)COc1ccc(C(=O)NCCc2nc(C(=O)O)cs2)cc1. The second kappa shape index (κ2) is 8.44. The van der Waals surface area contributed by atoms with Crippen LogP contribution in [0.15, 0.2) is 29.6 Å². The molecule has 1 heterocycles. The summed E-state index contributed by atoms with van der Waals surface area (Å²) in [7, 11) is 0. The molecule has 0 bridgehead atoms. The summed E-state index contributed by atoms with van der Waals surface area (Å²) < 4.78 is 5.58. The third kappa shape index (κ3) is 5.34. The number of nitrogens with one attached hydrogen (secondary N) is 1. The Labute approximate surface area is 144 Å². The molecular weight excluding hydrogens is 328 g/mol. The van der Waals surface area contributed by atoms with E-state index in [2.05, 4.69) is 24.1 Å². The maximum atomic E-state index is 12.1. The number of carbonyl (C=O) groups is 2. The molecule has 0 fully saturated rings. The first-order valence-electron chi connectivity index (χ1n) is 7.64. The van der Waals surface area contributed by atoms with Crippen molar-refractivity contribution in [1.82, 2.24) is 10.3 Å². The molecule has 24 heavy (non-hydrogen) atoms. The number of carboxylic acids is 1. The van der Waals surface area contributed by atoms with Gasteiger partial charge in [0.15, 0.2) is 5.69 Å². The lowest BCUT2D eigenvalue weighted by atomic mass is 10.2. The molecule has 0 saturated heterocycles. The van der Waals surface area contributed by atoms with E-state index in [0.29, 0.717) is 36.1 Å². The fourth-order valence-electron chi connectivity index (χ4n) is 1.87. The van der Waals surface area contributed by atoms with E-state index in [1.807, 2.05) is 0 Å². The molecule has 2 N–H and O–H groups in total. The van der Waals surface area contributed by atoms with E-state index in [1.54, 1.807) is 24.3 Å². The number of carbonyl (C=O) groups excluding carboxylic acids is 1. The number of ether oxygens (including phenoxy) is 1. The molecule has 6 nitrogen and oxygen atoms in total. The number of benzene rings is 1. The minimum Gasteiger partial charge on any atom is -0.493 e. The smallest absolute Gasteiger partial charge is 0.355 e. The zero-order chi connectivity index (χ0) is 17.5. The van der Waals surface area contributed by atoms with E-state index in [9.17, 15) is 9.59 Å². The zero-order valence-corrected chi connectivity index (χ0v) is 14.4. The standard InChI is InChI=1S/C17H20N2O4S/c1-11(2)9-23-13-5-3-12(4-6-13)16(20)18-8-7-15-19-14(10-24-15)17(21)22/h3-6,10-11H,7-9H2,1-2H3,(H,18,20)(H,21,22). The normalized spacial score (nSPS) is 10.6. The van der Waals surface area contributed by atoms with Crippen LogP contribution in [0.5, 0.6) is 5.75 Å². The van der Waals surface area contributed by atoms with E-state index in [0.717, 1.165) is 5.75 Å². The predicted octanol–water partition coefficient (Wildman–Crippen LogP) is 2.85. The summed E-state index contributed by atoms with van der Waals surface area (Å²) in [5.41, 5.74) is 0.593. The molecule has 0 unspecified atom stereocenters. The Morgan fingerprint density at radius 2 is 2.00 bits per heavy atom. The molecule has 0 aliphatic carbocycles. The molecule has 0 aliphatic heterocycles. The summed E-state index contributed by atoms with van der Waals surface area (Å²) in [6.45, 7) is 5.18. The number of nitrogens with zero attached hydrogens (tertiary/aromatic N) is 1. The van der Waals surface area contributed by atoms with Crippen LogP contribution in [0.1, 0.15) is 39.7 Å². The molecule has 7 heteroatoms. The quantitative estimate of drug-likeness (QED) is 0.766. The number of carboxylic acid groups (broad SMARTS) is 1. The highest BCUT2D eigenvalue weighted by Crippen LogP contribution is 2.13. The van der Waals surface area contributed by atoms with E-state index in [4.69, 9.17) is 9.84 Å². The number of hydrogen-bond donors (Lipinski definition) is 2. The fourth-order valence-corrected chi connectivity index (χ4v) is 2.65. The molecule has 0 atom stereocenters. The van der Waals surface area contributed by atoms with Gasteiger partial charge in [0, 0.05) is 23.9 Å². The van der Waals surface area contributed by atoms with Gasteiger partial charge in [0.25, 0.3) is 5.91 Å². The lowest BCUT2D eigenvalue weighted by Gasteiger charge is -2.09. The lowest BCUT2D eigenvalue weighted by molar-refractivity contribution is 0.0690. The summed E-state index contributed by atoms with van der Waals surface area (Å²) in [5, 5.41) is 13.8. The topological polar surface area (TPSA) is 88.5 Å². The van der Waals surface area contributed by atoms with Crippen LogP contribution in [-0.2, 0) is 6.42 Å². The third-order valence-electron chi connectivity index (χ3n) is 3.10. The number of rotatable bonds is 8. The van der Waals surface area contributed by atoms with Crippen LogP contribution in [0.25, 0.3) is 0 Å². The first kappa shape index (κ1) is 17.9. The average molecular weight is 348 g/mol. The molecule has 0 aliphatic rings. The van der Waals surface area contributed by atoms with Crippen molar-refractivity contribution in [2.75, 3.05) is 13.2 Å². The summed E-state index contributed by atoms with van der Waals surface area (Å²) in [5.74, 6) is -0.0357. The van der Waals surface area contributed by atoms with Gasteiger partial charge in [-0.25, -0.2) is 9.78 Å². The number of amides is 1. The van der Waals surface area contributed by atoms with Crippen molar-refractivity contribution in [3.05, 3.63) is 45.9 Å². The summed E-state index contributed by atoms with van der Waals surface area (Å²) in [4.78, 5) is 26.8. The van der Waals surface area contributed by atoms with Crippen LogP contribution in [0.3, 0.4) is 0 Å². The van der Waals surface area contributed by atoms with Crippen molar-refractivity contribution in [1.29, 1.82) is 0 Å². The van der Waals surface area contributed by atoms with Gasteiger partial charge in [-0.1, -0.05) is 13.8 Å². The highest BCUT2D eigenvalue weighted by molar-refractivity contribution is 7.09. The Bertz CT molecular complexity index is 695. The first-order valence-corrected chi connectivity index (χ1v) is 8.52. The monoisotopic (exact) mass is 348 g/mol. The van der Waals surface area contributed by atoms with Crippen LogP contribution in [0.4, 0.5) is 0 Å². The van der Waals surface area contributed by atoms with Gasteiger partial charge in [0.1, 0.15) is 5.75 Å². The van der Waals surface area contributed by atoms with Gasteiger partial charge in [0.2, 0.25) is 0 Å². The van der Waals surface area contributed by atoms with Crippen LogP contribution in [-0.4, -0.2) is 35.1 Å². The summed E-state index contributed by atoms with van der Waals surface area (Å²) in [6.07, 6.45) is 0.499. The summed E-state index contributed by atoms with van der Waals surface area (Å²) in [6, 6.07) is 6.99. The first-order chi connectivity index (χ1) is 11.5. The van der Waals surface area contributed by atoms with Crippen LogP contribution in [0, 0.1) is 5.92 Å². The van der Waals surface area contributed by atoms with Crippen molar-refractivity contribution < 1.29 is 19.4 Å². The van der Waals surface area contributed by atoms with Crippen molar-refractivity contribution in [3.63, 3.8) is 0 Å². The zero-order valence-electron chi connectivity index (χ0n) is 13.6. The van der Waals surface area contributed by atoms with Crippen LogP contribution < -0.4 is 10.1 Å². The van der Waals surface area contributed by atoms with Gasteiger partial charge in [0.05, 0.1) is 11.6 Å². The largest absolute Gasteiger partial charge is 0.493 e. The van der Waals surface area contributed by atoms with Crippen molar-refractivity contribution in [3.8, 4) is 5.75 Å². The lowest BCUT2D eigenvalue weighted by Crippen LogP contribution is -2.25. The number of aromatic carboxylic acids is 1. The Morgan fingerprint density at radius 1 is 1.29 bits per heavy atom. The molecule has 1 aromatic heterocycles. The van der Waals surface area contributed by atoms with Gasteiger partial charge in [-0.05, 0) is 30.2 Å². The average Bonchev–Trinajstić information content (AvgIpc) is 3.02. The molecule has 0 saturated carbocycles. The van der Waals surface area contributed by atoms with E-state index in [-0.39, 0.29) is 11.6 Å². The minimum absolute atomic E-state index is 0.0401. The second-order valence-electron chi connectivity index (χ2n) is 5.67. The van der Waals surface area contributed by atoms with Crippen molar-refractivity contribution >= 4 is 23.2 Å². The summed E-state index contributed by atoms with van der Waals surface area (Å²) >= 11 is 1.28. The van der Waals surface area contributed by atoms with Gasteiger partial charge < -0.3 is 15.2 Å². The highest BCUT2D eigenvalue weighted by Gasteiger charge is 2.09. The highest BCUT2D eigenvalue weighted by atomic mass is 32.1. The molecule has 0 spiro atoms. The number of thiazole rings is 1. The molecule has 2 rings (SSSR count). The Kier molecular flexibility index (Phi) is 6.31. The number of aromatic nitrogens is 1. The molecule has 0 radical (unpaired) electrons. The van der Waals surface area contributed by atoms with Crippen LogP contribution in [0.2, 0.25) is 0 Å². The van der Waals surface area contributed by atoms with E-state index < -0.39 is 5.97 Å². The Hall–Kier alpha value is -2.41. The molecule has 128 valence electrons. The van der Waals surface area contributed by atoms with Crippen LogP contribution >= 0.6 is 11.3 Å². The van der Waals surface area contributed by atoms with Gasteiger partial charge in [-0.15, -0.1) is 11.3 Å². The Balaban J connectivity index is 1.80. The molecule has 1 amide bonds. The maximum absolute atomic E-state index is 12.1. The number of hydrogen-bond acceptors (Lipinski definition) is 5. The molecular formula is C17H20N2O4S. The predicted molar refractivity (Wildman–Crippen MR) is 91.9 cm³/mol. The maximum Gasteiger partial charge on any atom is 0.355 e. The second-order valence-corrected chi connectivity index (χ2v) is 6.61. The van der Waals surface area contributed by atoms with Gasteiger partial charge >= 0.3 is 5.97 Å². The molecule has 1 aromatic carbocycles. The van der Waals surface area contributed by atoms with Crippen molar-refractivity contribution in [2.24, 2.45) is 5.92 Å². The van der Waals surface area contributed by atoms with E-state index in [1.165, 1.54) is 16.7 Å². The van der Waals surface area contributed by atoms with Gasteiger partial charge in [-0.2, -0.15) is 0 Å². The van der Waals surface area contributed by atoms with E-state index >= 15 is 0 Å². The molecule has 2 aromatic rings. The third-order valence-corrected chi connectivity index (χ3v) is 4.00. The minimum atomic E-state index is -1.04. The fraction of sp³-hybridized carbons (Fsp3) is 0.353.